The maximum absolute atomic E-state index is 9.01. The first-order valence-corrected chi connectivity index (χ1v) is 4.21. The predicted molar refractivity (Wildman–Crippen MR) is 51.8 cm³/mol. The molecule has 14 heavy (non-hydrogen) atoms. The molecule has 0 amide bonds. The van der Waals surface area contributed by atoms with E-state index in [1.165, 1.54) is 6.20 Å². The van der Waals surface area contributed by atoms with Crippen molar-refractivity contribution in [2.24, 2.45) is 0 Å². The van der Waals surface area contributed by atoms with E-state index in [1.807, 2.05) is 0 Å². The van der Waals surface area contributed by atoms with E-state index in [9.17, 15) is 0 Å². The molecule has 0 saturated heterocycles. The predicted octanol–water partition coefficient (Wildman–Crippen LogP) is 1.12. The molecule has 2 aromatic rings. The highest BCUT2D eigenvalue weighted by Crippen LogP contribution is 2.07. The minimum absolute atomic E-state index is 0.176. The lowest BCUT2D eigenvalue weighted by atomic mass is 10.3. The van der Waals surface area contributed by atoms with Gasteiger partial charge in [-0.1, -0.05) is 0 Å². The highest BCUT2D eigenvalue weighted by Gasteiger charge is 1.95. The van der Waals surface area contributed by atoms with Crippen LogP contribution < -0.4 is 5.32 Å². The van der Waals surface area contributed by atoms with Gasteiger partial charge in [0.05, 0.1) is 31.0 Å². The number of nitrogens with zero attached hydrogens (tertiary/aromatic N) is 2. The molecule has 2 heterocycles. The standard InChI is InChI=1S/C9H10N4O/c14-8-2-1-7(11-4-8)3-12-9-5-10-6-13-9/h1-2,4-6,12,14H,3H2,(H,10,13). The van der Waals surface area contributed by atoms with Crippen LogP contribution in [0.15, 0.2) is 30.9 Å². The molecule has 0 aliphatic heterocycles. The van der Waals surface area contributed by atoms with E-state index in [0.717, 1.165) is 11.5 Å². The van der Waals surface area contributed by atoms with Gasteiger partial charge in [-0.25, -0.2) is 4.98 Å². The van der Waals surface area contributed by atoms with E-state index in [1.54, 1.807) is 24.7 Å². The summed E-state index contributed by atoms with van der Waals surface area (Å²) in [5, 5.41) is 12.1. The van der Waals surface area contributed by atoms with Gasteiger partial charge in [0.1, 0.15) is 11.6 Å². The number of nitrogens with one attached hydrogen (secondary N) is 2. The van der Waals surface area contributed by atoms with Crippen LogP contribution in [-0.4, -0.2) is 20.1 Å². The molecule has 0 saturated carbocycles. The Bertz CT molecular complexity index is 382. The van der Waals surface area contributed by atoms with Crippen molar-refractivity contribution in [3.05, 3.63) is 36.5 Å². The van der Waals surface area contributed by atoms with Crippen molar-refractivity contribution in [2.45, 2.75) is 6.54 Å². The minimum atomic E-state index is 0.176. The smallest absolute Gasteiger partial charge is 0.133 e. The van der Waals surface area contributed by atoms with E-state index in [-0.39, 0.29) is 5.75 Å². The van der Waals surface area contributed by atoms with Crippen LogP contribution in [0.4, 0.5) is 5.82 Å². The molecule has 0 radical (unpaired) electrons. The third kappa shape index (κ3) is 2.01. The Balaban J connectivity index is 1.95. The number of hydrogen-bond acceptors (Lipinski definition) is 4. The van der Waals surface area contributed by atoms with Crippen molar-refractivity contribution in [3.8, 4) is 5.75 Å². The number of anilines is 1. The SMILES string of the molecule is Oc1ccc(CNc2cnc[nH]2)nc1. The second kappa shape index (κ2) is 3.78. The Labute approximate surface area is 80.8 Å². The molecule has 3 N–H and O–H groups in total. The Morgan fingerprint density at radius 2 is 2.29 bits per heavy atom. The molecule has 0 aromatic carbocycles. The number of hydrogen-bond donors (Lipinski definition) is 3. The fourth-order valence-electron chi connectivity index (χ4n) is 1.06. The van der Waals surface area contributed by atoms with Gasteiger partial charge < -0.3 is 15.4 Å². The number of imidazole rings is 1. The molecule has 0 aliphatic rings. The van der Waals surface area contributed by atoms with Gasteiger partial charge in [0.15, 0.2) is 0 Å². The van der Waals surface area contributed by atoms with Crippen molar-refractivity contribution in [2.75, 3.05) is 5.32 Å². The monoisotopic (exact) mass is 190 g/mol. The molecule has 0 fully saturated rings. The van der Waals surface area contributed by atoms with Crippen molar-refractivity contribution in [3.63, 3.8) is 0 Å². The van der Waals surface area contributed by atoms with E-state index in [4.69, 9.17) is 5.11 Å². The van der Waals surface area contributed by atoms with Gasteiger partial charge in [-0.2, -0.15) is 0 Å². The zero-order valence-corrected chi connectivity index (χ0v) is 7.44. The van der Waals surface area contributed by atoms with Crippen molar-refractivity contribution >= 4 is 5.82 Å². The van der Waals surface area contributed by atoms with Gasteiger partial charge in [0, 0.05) is 0 Å². The summed E-state index contributed by atoms with van der Waals surface area (Å²) in [5.74, 6) is 1.02. The van der Waals surface area contributed by atoms with Gasteiger partial charge in [-0.3, -0.25) is 4.98 Å². The Kier molecular flexibility index (Phi) is 2.31. The van der Waals surface area contributed by atoms with E-state index < -0.39 is 0 Å². The average Bonchev–Trinajstić information content (AvgIpc) is 2.70. The molecule has 0 unspecified atom stereocenters. The van der Waals surface area contributed by atoms with Crippen molar-refractivity contribution in [1.82, 2.24) is 15.0 Å². The molecular formula is C9H10N4O. The molecule has 0 bridgehead atoms. The number of rotatable bonds is 3. The highest BCUT2D eigenvalue weighted by molar-refractivity contribution is 5.31. The fourth-order valence-corrected chi connectivity index (χ4v) is 1.06. The zero-order chi connectivity index (χ0) is 9.80. The normalized spacial score (nSPS) is 10.0. The minimum Gasteiger partial charge on any atom is -0.506 e. The van der Waals surface area contributed by atoms with Crippen LogP contribution in [0.25, 0.3) is 0 Å². The second-order valence-electron chi connectivity index (χ2n) is 2.83. The van der Waals surface area contributed by atoms with Crippen LogP contribution in [0.3, 0.4) is 0 Å². The number of H-pyrrole nitrogens is 1. The number of pyridine rings is 1. The average molecular weight is 190 g/mol. The lowest BCUT2D eigenvalue weighted by Gasteiger charge is -2.02. The third-order valence-electron chi connectivity index (χ3n) is 1.77. The largest absolute Gasteiger partial charge is 0.506 e. The summed E-state index contributed by atoms with van der Waals surface area (Å²) in [6.45, 7) is 0.600. The molecule has 5 heteroatoms. The highest BCUT2D eigenvalue weighted by atomic mass is 16.3. The lowest BCUT2D eigenvalue weighted by Crippen LogP contribution is -2.00. The van der Waals surface area contributed by atoms with Crippen LogP contribution >= 0.6 is 0 Å². The Hall–Kier alpha value is -2.04. The maximum Gasteiger partial charge on any atom is 0.133 e. The van der Waals surface area contributed by atoms with Crippen LogP contribution in [0.5, 0.6) is 5.75 Å². The molecule has 2 rings (SSSR count). The fraction of sp³-hybridized carbons (Fsp3) is 0.111. The first-order valence-electron chi connectivity index (χ1n) is 4.21. The molecule has 2 aromatic heterocycles. The number of aromatic hydroxyl groups is 1. The van der Waals surface area contributed by atoms with Crippen LogP contribution in [-0.2, 0) is 6.54 Å². The van der Waals surface area contributed by atoms with E-state index >= 15 is 0 Å². The van der Waals surface area contributed by atoms with Crippen molar-refractivity contribution < 1.29 is 5.11 Å². The quantitative estimate of drug-likeness (QED) is 0.678. The number of aromatic amines is 1. The Morgan fingerprint density at radius 1 is 1.36 bits per heavy atom. The molecule has 72 valence electrons. The Morgan fingerprint density at radius 3 is 2.93 bits per heavy atom. The van der Waals surface area contributed by atoms with Crippen LogP contribution in [0.2, 0.25) is 0 Å². The van der Waals surface area contributed by atoms with Crippen molar-refractivity contribution in [1.29, 1.82) is 0 Å². The van der Waals surface area contributed by atoms with Crippen LogP contribution in [0, 0.1) is 0 Å². The topological polar surface area (TPSA) is 73.8 Å². The maximum atomic E-state index is 9.01. The van der Waals surface area contributed by atoms with Gasteiger partial charge in [0.25, 0.3) is 0 Å². The summed E-state index contributed by atoms with van der Waals surface area (Å²) in [7, 11) is 0. The van der Waals surface area contributed by atoms with Gasteiger partial charge in [0.2, 0.25) is 0 Å². The van der Waals surface area contributed by atoms with Gasteiger partial charge in [-0.05, 0) is 12.1 Å². The molecule has 0 aliphatic carbocycles. The first-order chi connectivity index (χ1) is 6.84. The lowest BCUT2D eigenvalue weighted by molar-refractivity contribution is 0.472. The van der Waals surface area contributed by atoms with Gasteiger partial charge in [-0.15, -0.1) is 0 Å². The zero-order valence-electron chi connectivity index (χ0n) is 7.44. The summed E-state index contributed by atoms with van der Waals surface area (Å²) < 4.78 is 0. The summed E-state index contributed by atoms with van der Waals surface area (Å²) in [6.07, 6.45) is 4.72. The summed E-state index contributed by atoms with van der Waals surface area (Å²) in [4.78, 5) is 10.8. The number of aromatic nitrogens is 3. The second-order valence-corrected chi connectivity index (χ2v) is 2.83. The van der Waals surface area contributed by atoms with Crippen LogP contribution in [0.1, 0.15) is 5.69 Å². The van der Waals surface area contributed by atoms with Gasteiger partial charge >= 0.3 is 0 Å². The third-order valence-corrected chi connectivity index (χ3v) is 1.77. The molecule has 5 nitrogen and oxygen atoms in total. The molecular weight excluding hydrogens is 180 g/mol. The summed E-state index contributed by atoms with van der Waals surface area (Å²) in [5.41, 5.74) is 0.859. The molecule has 0 spiro atoms. The first kappa shape index (κ1) is 8.55. The summed E-state index contributed by atoms with van der Waals surface area (Å²) in [6, 6.07) is 3.37. The molecule has 0 atom stereocenters. The van der Waals surface area contributed by atoms with E-state index in [2.05, 4.69) is 20.3 Å². The van der Waals surface area contributed by atoms with E-state index in [0.29, 0.717) is 6.54 Å². The summed E-state index contributed by atoms with van der Waals surface area (Å²) >= 11 is 0.